The van der Waals surface area contributed by atoms with E-state index in [-0.39, 0.29) is 11.8 Å². The van der Waals surface area contributed by atoms with Crippen molar-refractivity contribution in [1.82, 2.24) is 9.62 Å². The quantitative estimate of drug-likeness (QED) is 0.902. The Morgan fingerprint density at radius 1 is 1.17 bits per heavy atom. The predicted molar refractivity (Wildman–Crippen MR) is 93.9 cm³/mol. The summed E-state index contributed by atoms with van der Waals surface area (Å²) in [6.07, 6.45) is 5.71. The molecule has 1 aromatic carbocycles. The third-order valence-electron chi connectivity index (χ3n) is 5.27. The van der Waals surface area contributed by atoms with Crippen molar-refractivity contribution in [2.75, 3.05) is 19.3 Å². The van der Waals surface area contributed by atoms with E-state index in [2.05, 4.69) is 22.9 Å². The zero-order valence-electron chi connectivity index (χ0n) is 14.2. The van der Waals surface area contributed by atoms with Crippen molar-refractivity contribution in [1.29, 1.82) is 0 Å². The Balaban J connectivity index is 1.51. The van der Waals surface area contributed by atoms with Gasteiger partial charge < -0.3 is 4.90 Å². The molecule has 0 radical (unpaired) electrons. The van der Waals surface area contributed by atoms with Gasteiger partial charge in [0.25, 0.3) is 0 Å². The second kappa shape index (κ2) is 7.23. The Hall–Kier alpha value is -1.40. The van der Waals surface area contributed by atoms with E-state index in [1.807, 2.05) is 11.0 Å². The molecule has 0 aromatic heterocycles. The van der Waals surface area contributed by atoms with Gasteiger partial charge in [0.15, 0.2) is 0 Å². The maximum absolute atomic E-state index is 12.8. The molecule has 1 amide bonds. The maximum atomic E-state index is 12.8. The molecule has 3 rings (SSSR count). The van der Waals surface area contributed by atoms with Gasteiger partial charge in [-0.15, -0.1) is 0 Å². The Bertz CT molecular complexity index is 694. The first kappa shape index (κ1) is 17.4. The lowest BCUT2D eigenvalue weighted by molar-refractivity contribution is -0.137. The van der Waals surface area contributed by atoms with E-state index in [9.17, 15) is 13.2 Å². The van der Waals surface area contributed by atoms with Crippen LogP contribution in [-0.4, -0.2) is 38.6 Å². The van der Waals surface area contributed by atoms with Crippen molar-refractivity contribution in [3.8, 4) is 0 Å². The first-order chi connectivity index (χ1) is 11.4. The number of sulfonamides is 1. The second-order valence-electron chi connectivity index (χ2n) is 7.12. The van der Waals surface area contributed by atoms with Crippen molar-refractivity contribution in [3.63, 3.8) is 0 Å². The number of rotatable bonds is 4. The molecule has 6 heteroatoms. The van der Waals surface area contributed by atoms with Crippen LogP contribution in [0, 0.1) is 11.8 Å². The summed E-state index contributed by atoms with van der Waals surface area (Å²) in [5, 5.41) is 0. The lowest BCUT2D eigenvalue weighted by atomic mass is 9.81. The van der Waals surface area contributed by atoms with E-state index in [0.29, 0.717) is 12.5 Å². The highest BCUT2D eigenvalue weighted by Gasteiger charge is 2.31. The van der Waals surface area contributed by atoms with Crippen LogP contribution in [0.4, 0.5) is 0 Å². The Morgan fingerprint density at radius 3 is 2.50 bits per heavy atom. The van der Waals surface area contributed by atoms with E-state index in [1.54, 1.807) is 0 Å². The van der Waals surface area contributed by atoms with Gasteiger partial charge in [0, 0.05) is 25.6 Å². The van der Waals surface area contributed by atoms with Gasteiger partial charge in [-0.25, -0.2) is 13.1 Å². The highest BCUT2D eigenvalue weighted by Crippen LogP contribution is 2.31. The van der Waals surface area contributed by atoms with E-state index < -0.39 is 10.0 Å². The number of nitrogens with zero attached hydrogens (tertiary/aromatic N) is 1. The standard InChI is InChI=1S/C18H26N2O3S/c1-24(22,23)19-12-14-6-8-16(9-7-14)18(21)20-11-10-15-4-2-3-5-17(15)13-20/h2-5,14,16,19H,6-13H2,1H3. The Kier molecular flexibility index (Phi) is 5.25. The SMILES string of the molecule is CS(=O)(=O)NCC1CCC(C(=O)N2CCc3ccccc3C2)CC1. The van der Waals surface area contributed by atoms with Crippen LogP contribution in [0.2, 0.25) is 0 Å². The molecule has 1 saturated carbocycles. The van der Waals surface area contributed by atoms with Gasteiger partial charge in [0.2, 0.25) is 15.9 Å². The highest BCUT2D eigenvalue weighted by atomic mass is 32.2. The van der Waals surface area contributed by atoms with Gasteiger partial charge >= 0.3 is 0 Å². The van der Waals surface area contributed by atoms with Crippen LogP contribution in [0.5, 0.6) is 0 Å². The fourth-order valence-corrected chi connectivity index (χ4v) is 4.36. The van der Waals surface area contributed by atoms with Crippen LogP contribution in [0.15, 0.2) is 24.3 Å². The Morgan fingerprint density at radius 2 is 1.83 bits per heavy atom. The smallest absolute Gasteiger partial charge is 0.225 e. The molecule has 1 aromatic rings. The molecule has 1 heterocycles. The lowest BCUT2D eigenvalue weighted by Gasteiger charge is -2.34. The van der Waals surface area contributed by atoms with Crippen LogP contribution in [-0.2, 0) is 27.8 Å². The second-order valence-corrected chi connectivity index (χ2v) is 8.95. The minimum atomic E-state index is -3.12. The maximum Gasteiger partial charge on any atom is 0.225 e. The number of benzene rings is 1. The van der Waals surface area contributed by atoms with E-state index >= 15 is 0 Å². The number of amides is 1. The first-order valence-corrected chi connectivity index (χ1v) is 10.6. The van der Waals surface area contributed by atoms with Crippen LogP contribution in [0.1, 0.15) is 36.8 Å². The molecular weight excluding hydrogens is 324 g/mol. The normalized spacial score (nSPS) is 24.5. The lowest BCUT2D eigenvalue weighted by Crippen LogP contribution is -2.41. The predicted octanol–water partition coefficient (Wildman–Crippen LogP) is 1.93. The first-order valence-electron chi connectivity index (χ1n) is 8.72. The van der Waals surface area contributed by atoms with Crippen LogP contribution >= 0.6 is 0 Å². The summed E-state index contributed by atoms with van der Waals surface area (Å²) in [6, 6.07) is 8.36. The van der Waals surface area contributed by atoms with Crippen molar-refractivity contribution in [2.24, 2.45) is 11.8 Å². The molecule has 0 spiro atoms. The third kappa shape index (κ3) is 4.36. The molecule has 5 nitrogen and oxygen atoms in total. The molecule has 132 valence electrons. The summed E-state index contributed by atoms with van der Waals surface area (Å²) in [6.45, 7) is 2.03. The molecule has 0 unspecified atom stereocenters. The summed E-state index contributed by atoms with van der Waals surface area (Å²) in [4.78, 5) is 14.8. The molecule has 1 fully saturated rings. The van der Waals surface area contributed by atoms with Crippen LogP contribution < -0.4 is 4.72 Å². The number of carbonyl (C=O) groups excluding carboxylic acids is 1. The molecule has 1 aliphatic carbocycles. The average molecular weight is 350 g/mol. The molecule has 0 atom stereocenters. The molecular formula is C18H26N2O3S. The van der Waals surface area contributed by atoms with Crippen molar-refractivity contribution in [2.45, 2.75) is 38.6 Å². The van der Waals surface area contributed by atoms with Gasteiger partial charge in [0.1, 0.15) is 0 Å². The number of hydrogen-bond donors (Lipinski definition) is 1. The van der Waals surface area contributed by atoms with Gasteiger partial charge in [0.05, 0.1) is 6.26 Å². The molecule has 0 saturated heterocycles. The summed E-state index contributed by atoms with van der Waals surface area (Å²) in [5.41, 5.74) is 2.63. The van der Waals surface area contributed by atoms with E-state index in [0.717, 1.165) is 45.2 Å². The fourth-order valence-electron chi connectivity index (χ4n) is 3.82. The fraction of sp³-hybridized carbons (Fsp3) is 0.611. The number of fused-ring (bicyclic) bond motifs is 1. The number of nitrogens with one attached hydrogen (secondary N) is 1. The van der Waals surface area contributed by atoms with Gasteiger partial charge in [-0.3, -0.25) is 4.79 Å². The van der Waals surface area contributed by atoms with E-state index in [1.165, 1.54) is 17.4 Å². The summed E-state index contributed by atoms with van der Waals surface area (Å²) >= 11 is 0. The van der Waals surface area contributed by atoms with Crippen molar-refractivity contribution < 1.29 is 13.2 Å². The van der Waals surface area contributed by atoms with Gasteiger partial charge in [-0.2, -0.15) is 0 Å². The summed E-state index contributed by atoms with van der Waals surface area (Å²) in [5.74, 6) is 0.731. The zero-order valence-corrected chi connectivity index (χ0v) is 15.0. The number of carbonyl (C=O) groups is 1. The van der Waals surface area contributed by atoms with Crippen molar-refractivity contribution >= 4 is 15.9 Å². The van der Waals surface area contributed by atoms with Crippen molar-refractivity contribution in [3.05, 3.63) is 35.4 Å². The van der Waals surface area contributed by atoms with Crippen LogP contribution in [0.3, 0.4) is 0 Å². The summed E-state index contributed by atoms with van der Waals surface area (Å²) < 4.78 is 25.0. The third-order valence-corrected chi connectivity index (χ3v) is 5.96. The monoisotopic (exact) mass is 350 g/mol. The topological polar surface area (TPSA) is 66.5 Å². The van der Waals surface area contributed by atoms with Gasteiger partial charge in [-0.05, 0) is 49.1 Å². The van der Waals surface area contributed by atoms with E-state index in [4.69, 9.17) is 0 Å². The van der Waals surface area contributed by atoms with Crippen LogP contribution in [0.25, 0.3) is 0 Å². The molecule has 2 aliphatic rings. The van der Waals surface area contributed by atoms with Gasteiger partial charge in [-0.1, -0.05) is 24.3 Å². The minimum Gasteiger partial charge on any atom is -0.338 e. The summed E-state index contributed by atoms with van der Waals surface area (Å²) in [7, 11) is -3.12. The Labute approximate surface area is 144 Å². The molecule has 1 N–H and O–H groups in total. The highest BCUT2D eigenvalue weighted by molar-refractivity contribution is 7.88. The largest absolute Gasteiger partial charge is 0.338 e. The molecule has 1 aliphatic heterocycles. The number of hydrogen-bond acceptors (Lipinski definition) is 3. The zero-order chi connectivity index (χ0) is 17.2. The molecule has 0 bridgehead atoms. The minimum absolute atomic E-state index is 0.102. The average Bonchev–Trinajstić information content (AvgIpc) is 2.59. The molecule has 24 heavy (non-hydrogen) atoms.